The lowest BCUT2D eigenvalue weighted by atomic mass is 9.96. The number of urea groups is 1. The molecule has 3 N–H and O–H groups in total. The Bertz CT molecular complexity index is 244. The fraction of sp³-hybridized carbons (Fsp3) is 0.909. The molecule has 1 heterocycles. The van der Waals surface area contributed by atoms with Gasteiger partial charge in [0.1, 0.15) is 0 Å². The summed E-state index contributed by atoms with van der Waals surface area (Å²) in [5.41, 5.74) is 0. The number of hydrogen-bond acceptors (Lipinski definition) is 3. The van der Waals surface area contributed by atoms with Crippen molar-refractivity contribution in [3.8, 4) is 0 Å². The van der Waals surface area contributed by atoms with Crippen molar-refractivity contribution < 1.29 is 15.0 Å². The monoisotopic (exact) mass is 228 g/mol. The van der Waals surface area contributed by atoms with Crippen LogP contribution in [0.25, 0.3) is 0 Å². The molecule has 0 aromatic heterocycles. The van der Waals surface area contributed by atoms with Crippen LogP contribution >= 0.6 is 0 Å². The van der Waals surface area contributed by atoms with Gasteiger partial charge in [0.25, 0.3) is 0 Å². The number of carbonyl (C=O) groups excluding carboxylic acids is 1. The van der Waals surface area contributed by atoms with Crippen LogP contribution in [0.3, 0.4) is 0 Å². The molecule has 1 aliphatic heterocycles. The molecule has 1 saturated heterocycles. The summed E-state index contributed by atoms with van der Waals surface area (Å²) in [6.45, 7) is 0.472. The average Bonchev–Trinajstić information content (AvgIpc) is 2.61. The third-order valence-electron chi connectivity index (χ3n) is 3.48. The first-order valence-corrected chi connectivity index (χ1v) is 6.08. The van der Waals surface area contributed by atoms with E-state index in [1.165, 1.54) is 24.2 Å². The maximum Gasteiger partial charge on any atom is 0.317 e. The van der Waals surface area contributed by atoms with E-state index in [0.717, 1.165) is 12.8 Å². The Morgan fingerprint density at radius 3 is 2.19 bits per heavy atom. The molecule has 2 fully saturated rings. The predicted octanol–water partition coefficient (Wildman–Crippen LogP) is 0.0661. The molecule has 0 radical (unpaired) electrons. The summed E-state index contributed by atoms with van der Waals surface area (Å²) in [5.74, 6) is 0. The molecule has 2 aliphatic rings. The summed E-state index contributed by atoms with van der Waals surface area (Å²) in [7, 11) is 0. The highest BCUT2D eigenvalue weighted by molar-refractivity contribution is 5.75. The third-order valence-corrected chi connectivity index (χ3v) is 3.48. The smallest absolute Gasteiger partial charge is 0.317 e. The Kier molecular flexibility index (Phi) is 3.66. The summed E-state index contributed by atoms with van der Waals surface area (Å²) >= 11 is 0. The number of amides is 2. The van der Waals surface area contributed by atoms with Crippen molar-refractivity contribution >= 4 is 6.03 Å². The van der Waals surface area contributed by atoms with Crippen LogP contribution in [0.2, 0.25) is 0 Å². The number of likely N-dealkylation sites (tertiary alicyclic amines) is 1. The number of aliphatic hydroxyl groups excluding tert-OH is 2. The number of aliphatic hydroxyl groups is 2. The Labute approximate surface area is 95.4 Å². The number of rotatable bonds is 1. The van der Waals surface area contributed by atoms with Crippen molar-refractivity contribution in [3.05, 3.63) is 0 Å². The highest BCUT2D eigenvalue weighted by Crippen LogP contribution is 2.18. The lowest BCUT2D eigenvalue weighted by Gasteiger charge is -2.25. The van der Waals surface area contributed by atoms with Crippen LogP contribution in [0.1, 0.15) is 32.1 Å². The van der Waals surface area contributed by atoms with E-state index in [4.69, 9.17) is 0 Å². The molecule has 92 valence electrons. The summed E-state index contributed by atoms with van der Waals surface area (Å²) in [4.78, 5) is 13.3. The normalized spacial score (nSPS) is 31.8. The molecule has 1 saturated carbocycles. The molecule has 1 aliphatic carbocycles. The highest BCUT2D eigenvalue weighted by Gasteiger charge is 2.33. The van der Waals surface area contributed by atoms with Gasteiger partial charge < -0.3 is 20.4 Å². The van der Waals surface area contributed by atoms with Gasteiger partial charge in [0.05, 0.1) is 25.3 Å². The molecular formula is C11H20N2O3. The molecular weight excluding hydrogens is 208 g/mol. The Morgan fingerprint density at radius 1 is 1.06 bits per heavy atom. The van der Waals surface area contributed by atoms with Crippen molar-refractivity contribution in [2.24, 2.45) is 0 Å². The van der Waals surface area contributed by atoms with Crippen molar-refractivity contribution in [1.82, 2.24) is 10.2 Å². The van der Waals surface area contributed by atoms with Crippen molar-refractivity contribution in [1.29, 1.82) is 0 Å². The SMILES string of the molecule is O=C(NC1CCCCC1)N1CC(O)C(O)C1. The molecule has 0 spiro atoms. The molecule has 5 nitrogen and oxygen atoms in total. The van der Waals surface area contributed by atoms with Crippen LogP contribution in [-0.4, -0.2) is 52.5 Å². The zero-order chi connectivity index (χ0) is 11.5. The van der Waals surface area contributed by atoms with Gasteiger partial charge in [-0.25, -0.2) is 4.79 Å². The minimum Gasteiger partial charge on any atom is -0.388 e. The molecule has 16 heavy (non-hydrogen) atoms. The predicted molar refractivity (Wildman–Crippen MR) is 59.0 cm³/mol. The molecule has 2 rings (SSSR count). The van der Waals surface area contributed by atoms with Gasteiger partial charge in [-0.15, -0.1) is 0 Å². The molecule has 0 aromatic rings. The zero-order valence-electron chi connectivity index (χ0n) is 9.43. The second kappa shape index (κ2) is 5.01. The topological polar surface area (TPSA) is 72.8 Å². The van der Waals surface area contributed by atoms with Gasteiger partial charge in [-0.05, 0) is 12.8 Å². The first-order valence-electron chi connectivity index (χ1n) is 6.08. The van der Waals surface area contributed by atoms with E-state index in [9.17, 15) is 15.0 Å². The maximum absolute atomic E-state index is 11.8. The van der Waals surface area contributed by atoms with Crippen molar-refractivity contribution in [2.45, 2.75) is 50.4 Å². The van der Waals surface area contributed by atoms with Gasteiger partial charge in [0, 0.05) is 6.04 Å². The lowest BCUT2D eigenvalue weighted by Crippen LogP contribution is -2.45. The Hall–Kier alpha value is -0.810. The van der Waals surface area contributed by atoms with Gasteiger partial charge in [-0.1, -0.05) is 19.3 Å². The van der Waals surface area contributed by atoms with Gasteiger partial charge in [-0.2, -0.15) is 0 Å². The van der Waals surface area contributed by atoms with Gasteiger partial charge in [0.15, 0.2) is 0 Å². The van der Waals surface area contributed by atoms with Crippen LogP contribution in [0.4, 0.5) is 4.79 Å². The number of β-amino-alcohol motifs (C(OH)–C–C–N with tert-alkyl or cyclic N) is 2. The van der Waals surface area contributed by atoms with E-state index in [0.29, 0.717) is 0 Å². The van der Waals surface area contributed by atoms with E-state index in [1.54, 1.807) is 0 Å². The first-order chi connectivity index (χ1) is 7.66. The number of hydrogen-bond donors (Lipinski definition) is 3. The molecule has 2 amide bonds. The van der Waals surface area contributed by atoms with E-state index in [-0.39, 0.29) is 25.2 Å². The van der Waals surface area contributed by atoms with E-state index < -0.39 is 12.2 Å². The summed E-state index contributed by atoms with van der Waals surface area (Å²) < 4.78 is 0. The Morgan fingerprint density at radius 2 is 1.62 bits per heavy atom. The zero-order valence-corrected chi connectivity index (χ0v) is 9.43. The minimum absolute atomic E-state index is 0.150. The number of nitrogens with one attached hydrogen (secondary N) is 1. The van der Waals surface area contributed by atoms with Crippen LogP contribution in [0.15, 0.2) is 0 Å². The quantitative estimate of drug-likeness (QED) is 0.594. The van der Waals surface area contributed by atoms with Crippen LogP contribution in [0, 0.1) is 0 Å². The van der Waals surface area contributed by atoms with Crippen molar-refractivity contribution in [2.75, 3.05) is 13.1 Å². The molecule has 2 atom stereocenters. The second-order valence-electron chi connectivity index (χ2n) is 4.82. The number of nitrogens with zero attached hydrogens (tertiary/aromatic N) is 1. The largest absolute Gasteiger partial charge is 0.388 e. The van der Waals surface area contributed by atoms with Crippen LogP contribution in [-0.2, 0) is 0 Å². The summed E-state index contributed by atoms with van der Waals surface area (Å²) in [6.07, 6.45) is 4.11. The van der Waals surface area contributed by atoms with E-state index in [1.807, 2.05) is 0 Å². The fourth-order valence-corrected chi connectivity index (χ4v) is 2.45. The van der Waals surface area contributed by atoms with Crippen LogP contribution in [0.5, 0.6) is 0 Å². The second-order valence-corrected chi connectivity index (χ2v) is 4.82. The van der Waals surface area contributed by atoms with Crippen molar-refractivity contribution in [3.63, 3.8) is 0 Å². The minimum atomic E-state index is -0.794. The van der Waals surface area contributed by atoms with Gasteiger partial charge in [0.2, 0.25) is 0 Å². The summed E-state index contributed by atoms with van der Waals surface area (Å²) in [6, 6.07) is 0.124. The third kappa shape index (κ3) is 2.65. The highest BCUT2D eigenvalue weighted by atomic mass is 16.3. The van der Waals surface area contributed by atoms with E-state index in [2.05, 4.69) is 5.32 Å². The average molecular weight is 228 g/mol. The first kappa shape index (κ1) is 11.7. The van der Waals surface area contributed by atoms with Crippen LogP contribution < -0.4 is 5.32 Å². The lowest BCUT2D eigenvalue weighted by molar-refractivity contribution is 0.0572. The van der Waals surface area contributed by atoms with Gasteiger partial charge >= 0.3 is 6.03 Å². The Balaban J connectivity index is 1.79. The fourth-order valence-electron chi connectivity index (χ4n) is 2.45. The molecule has 0 bridgehead atoms. The van der Waals surface area contributed by atoms with E-state index >= 15 is 0 Å². The summed E-state index contributed by atoms with van der Waals surface area (Å²) in [5, 5.41) is 21.7. The number of carbonyl (C=O) groups is 1. The maximum atomic E-state index is 11.8. The standard InChI is InChI=1S/C11H20N2O3/c14-9-6-13(7-10(9)15)11(16)12-8-4-2-1-3-5-8/h8-10,14-15H,1-7H2,(H,12,16). The molecule has 0 aromatic carbocycles. The molecule has 2 unspecified atom stereocenters. The van der Waals surface area contributed by atoms with Gasteiger partial charge in [-0.3, -0.25) is 0 Å². The molecule has 5 heteroatoms.